The van der Waals surface area contributed by atoms with Crippen LogP contribution in [-0.4, -0.2) is 50.1 Å². The van der Waals surface area contributed by atoms with Gasteiger partial charge in [0.05, 0.1) is 6.10 Å². The molecule has 1 saturated heterocycles. The highest BCUT2D eigenvalue weighted by Gasteiger charge is 2.26. The summed E-state index contributed by atoms with van der Waals surface area (Å²) >= 11 is 0. The Kier molecular flexibility index (Phi) is 8.30. The first-order valence-corrected chi connectivity index (χ1v) is 11.0. The highest BCUT2D eigenvalue weighted by molar-refractivity contribution is 5.92. The summed E-state index contributed by atoms with van der Waals surface area (Å²) in [5.74, 6) is 0.0317. The SMILES string of the molecule is CC(C)C(=O)Nc1ccc(N(C)C)c(CN(CC2CCCO2)C(=O)CC(C)(C)C)c1. The summed E-state index contributed by atoms with van der Waals surface area (Å²) in [4.78, 5) is 29.3. The topological polar surface area (TPSA) is 61.9 Å². The third kappa shape index (κ3) is 7.31. The lowest BCUT2D eigenvalue weighted by Gasteiger charge is -2.30. The predicted octanol–water partition coefficient (Wildman–Crippen LogP) is 4.29. The molecule has 0 bridgehead atoms. The van der Waals surface area contributed by atoms with Crippen LogP contribution in [0, 0.1) is 11.3 Å². The molecular formula is C24H39N3O3. The zero-order valence-corrected chi connectivity index (χ0v) is 19.7. The summed E-state index contributed by atoms with van der Waals surface area (Å²) in [6.45, 7) is 11.9. The van der Waals surface area contributed by atoms with Gasteiger partial charge in [0.15, 0.2) is 0 Å². The molecular weight excluding hydrogens is 378 g/mol. The molecule has 168 valence electrons. The van der Waals surface area contributed by atoms with Crippen molar-refractivity contribution in [2.45, 2.75) is 66.5 Å². The summed E-state index contributed by atoms with van der Waals surface area (Å²) in [7, 11) is 3.99. The molecule has 1 aliphatic heterocycles. The van der Waals surface area contributed by atoms with E-state index in [9.17, 15) is 9.59 Å². The Hall–Kier alpha value is -2.08. The number of carbonyl (C=O) groups is 2. The van der Waals surface area contributed by atoms with Crippen LogP contribution in [0.4, 0.5) is 11.4 Å². The van der Waals surface area contributed by atoms with Crippen LogP contribution in [-0.2, 0) is 20.9 Å². The van der Waals surface area contributed by atoms with Gasteiger partial charge >= 0.3 is 0 Å². The maximum absolute atomic E-state index is 13.2. The molecule has 1 aromatic carbocycles. The second-order valence-corrected chi connectivity index (χ2v) is 10.0. The Morgan fingerprint density at radius 1 is 1.23 bits per heavy atom. The van der Waals surface area contributed by atoms with E-state index in [4.69, 9.17) is 4.74 Å². The number of anilines is 2. The molecule has 0 aromatic heterocycles. The van der Waals surface area contributed by atoms with Gasteiger partial charge in [0.2, 0.25) is 11.8 Å². The van der Waals surface area contributed by atoms with Gasteiger partial charge in [-0.25, -0.2) is 0 Å². The minimum Gasteiger partial charge on any atom is -0.377 e. The van der Waals surface area contributed by atoms with Gasteiger partial charge in [-0.1, -0.05) is 34.6 Å². The van der Waals surface area contributed by atoms with Crippen LogP contribution in [0.15, 0.2) is 18.2 Å². The molecule has 30 heavy (non-hydrogen) atoms. The van der Waals surface area contributed by atoms with Crippen LogP contribution >= 0.6 is 0 Å². The number of amides is 2. The number of hydrogen-bond donors (Lipinski definition) is 1. The monoisotopic (exact) mass is 417 g/mol. The van der Waals surface area contributed by atoms with Gasteiger partial charge in [-0.15, -0.1) is 0 Å². The number of ether oxygens (including phenoxy) is 1. The van der Waals surface area contributed by atoms with Crippen molar-refractivity contribution in [1.29, 1.82) is 0 Å². The summed E-state index contributed by atoms with van der Waals surface area (Å²) in [6, 6.07) is 5.91. The molecule has 0 radical (unpaired) electrons. The first kappa shape index (κ1) is 24.2. The molecule has 0 saturated carbocycles. The van der Waals surface area contributed by atoms with Gasteiger partial charge < -0.3 is 19.9 Å². The van der Waals surface area contributed by atoms with E-state index < -0.39 is 0 Å². The van der Waals surface area contributed by atoms with Crippen molar-refractivity contribution in [2.24, 2.45) is 11.3 Å². The van der Waals surface area contributed by atoms with Crippen LogP contribution < -0.4 is 10.2 Å². The normalized spacial score (nSPS) is 16.6. The van der Waals surface area contributed by atoms with E-state index in [0.29, 0.717) is 19.5 Å². The minimum absolute atomic E-state index is 0.0152. The van der Waals surface area contributed by atoms with E-state index >= 15 is 0 Å². The van der Waals surface area contributed by atoms with E-state index in [1.807, 2.05) is 55.9 Å². The fraction of sp³-hybridized carbons (Fsp3) is 0.667. The average Bonchev–Trinajstić information content (AvgIpc) is 3.12. The van der Waals surface area contributed by atoms with Crippen LogP contribution in [0.2, 0.25) is 0 Å². The lowest BCUT2D eigenvalue weighted by atomic mass is 9.91. The molecule has 1 aromatic rings. The van der Waals surface area contributed by atoms with Crippen molar-refractivity contribution >= 4 is 23.2 Å². The lowest BCUT2D eigenvalue weighted by Crippen LogP contribution is -2.38. The van der Waals surface area contributed by atoms with Crippen LogP contribution in [0.5, 0.6) is 0 Å². The van der Waals surface area contributed by atoms with Crippen molar-refractivity contribution < 1.29 is 14.3 Å². The second kappa shape index (κ2) is 10.3. The zero-order valence-electron chi connectivity index (χ0n) is 19.7. The smallest absolute Gasteiger partial charge is 0.226 e. The Balaban J connectivity index is 2.30. The molecule has 6 heteroatoms. The van der Waals surface area contributed by atoms with Crippen molar-refractivity contribution in [3.63, 3.8) is 0 Å². The highest BCUT2D eigenvalue weighted by Crippen LogP contribution is 2.27. The Morgan fingerprint density at radius 3 is 2.47 bits per heavy atom. The summed E-state index contributed by atoms with van der Waals surface area (Å²) in [6.07, 6.45) is 2.62. The quantitative estimate of drug-likeness (QED) is 0.685. The molecule has 1 heterocycles. The lowest BCUT2D eigenvalue weighted by molar-refractivity contribution is -0.135. The third-order valence-electron chi connectivity index (χ3n) is 5.20. The molecule has 1 aliphatic rings. The molecule has 1 unspecified atom stereocenters. The zero-order chi connectivity index (χ0) is 22.5. The molecule has 1 atom stereocenters. The standard InChI is InChI=1S/C24H39N3O3/c1-17(2)23(29)25-19-10-11-21(26(6)7)18(13-19)15-27(16-20-9-8-12-30-20)22(28)14-24(3,4)5/h10-11,13,17,20H,8-9,12,14-16H2,1-7H3,(H,25,29). The van der Waals surface area contributed by atoms with E-state index in [0.717, 1.165) is 36.4 Å². The number of nitrogens with one attached hydrogen (secondary N) is 1. The van der Waals surface area contributed by atoms with Crippen LogP contribution in [0.3, 0.4) is 0 Å². The summed E-state index contributed by atoms with van der Waals surface area (Å²) in [5.41, 5.74) is 2.73. The molecule has 0 aliphatic carbocycles. The van der Waals surface area contributed by atoms with Crippen molar-refractivity contribution in [3.8, 4) is 0 Å². The van der Waals surface area contributed by atoms with Crippen molar-refractivity contribution in [2.75, 3.05) is 37.5 Å². The summed E-state index contributed by atoms with van der Waals surface area (Å²) < 4.78 is 5.82. The Morgan fingerprint density at radius 2 is 1.93 bits per heavy atom. The maximum atomic E-state index is 13.2. The molecule has 1 N–H and O–H groups in total. The van der Waals surface area contributed by atoms with Gasteiger partial charge in [-0.2, -0.15) is 0 Å². The van der Waals surface area contributed by atoms with E-state index in [1.54, 1.807) is 0 Å². The number of benzene rings is 1. The van der Waals surface area contributed by atoms with Gasteiger partial charge in [-0.05, 0) is 42.0 Å². The van der Waals surface area contributed by atoms with E-state index in [1.165, 1.54) is 0 Å². The molecule has 0 spiro atoms. The second-order valence-electron chi connectivity index (χ2n) is 10.0. The van der Waals surface area contributed by atoms with Gasteiger partial charge in [0.25, 0.3) is 0 Å². The van der Waals surface area contributed by atoms with Gasteiger partial charge in [-0.3, -0.25) is 9.59 Å². The first-order chi connectivity index (χ1) is 14.0. The van der Waals surface area contributed by atoms with E-state index in [2.05, 4.69) is 26.1 Å². The Bertz CT molecular complexity index is 732. The van der Waals surface area contributed by atoms with Crippen LogP contribution in [0.1, 0.15) is 59.4 Å². The number of hydrogen-bond acceptors (Lipinski definition) is 4. The third-order valence-corrected chi connectivity index (χ3v) is 5.20. The minimum atomic E-state index is -0.0913. The fourth-order valence-electron chi connectivity index (χ4n) is 3.57. The number of rotatable bonds is 8. The average molecular weight is 418 g/mol. The van der Waals surface area contributed by atoms with Gasteiger partial charge in [0, 0.05) is 57.5 Å². The maximum Gasteiger partial charge on any atom is 0.226 e. The number of nitrogens with zero attached hydrogens (tertiary/aromatic N) is 2. The summed E-state index contributed by atoms with van der Waals surface area (Å²) in [5, 5.41) is 2.98. The Labute approximate surface area is 182 Å². The van der Waals surface area contributed by atoms with Crippen LogP contribution in [0.25, 0.3) is 0 Å². The number of carbonyl (C=O) groups excluding carboxylic acids is 2. The largest absolute Gasteiger partial charge is 0.377 e. The highest BCUT2D eigenvalue weighted by atomic mass is 16.5. The van der Waals surface area contributed by atoms with Gasteiger partial charge in [0.1, 0.15) is 0 Å². The molecule has 1 fully saturated rings. The molecule has 2 amide bonds. The molecule has 6 nitrogen and oxygen atoms in total. The van der Waals surface area contributed by atoms with Crippen molar-refractivity contribution in [3.05, 3.63) is 23.8 Å². The molecule has 2 rings (SSSR count). The fourth-order valence-corrected chi connectivity index (χ4v) is 3.57. The first-order valence-electron chi connectivity index (χ1n) is 11.0. The van der Waals surface area contributed by atoms with E-state index in [-0.39, 0.29) is 29.3 Å². The van der Waals surface area contributed by atoms with Crippen molar-refractivity contribution in [1.82, 2.24) is 4.90 Å². The predicted molar refractivity (Wildman–Crippen MR) is 123 cm³/mol.